The van der Waals surface area contributed by atoms with Crippen molar-refractivity contribution in [1.82, 2.24) is 39.3 Å². The number of imidazole rings is 3. The first-order chi connectivity index (χ1) is 32.8. The number of ether oxygens (including phenoxy) is 1. The van der Waals surface area contributed by atoms with E-state index in [1.54, 1.807) is 21.6 Å². The molecule has 25 heteroatoms. The summed E-state index contributed by atoms with van der Waals surface area (Å²) in [4.78, 5) is 17.7. The quantitative estimate of drug-likeness (QED) is 0.0342. The van der Waals surface area contributed by atoms with Crippen LogP contribution in [-0.2, 0) is 39.1 Å². The highest BCUT2D eigenvalue weighted by atomic mass is 35.5. The highest BCUT2D eigenvalue weighted by Crippen LogP contribution is 2.36. The van der Waals surface area contributed by atoms with Crippen molar-refractivity contribution in [2.75, 3.05) is 18.1 Å². The van der Waals surface area contributed by atoms with Gasteiger partial charge in [0.1, 0.15) is 40.8 Å². The van der Waals surface area contributed by atoms with Gasteiger partial charge in [-0.3, -0.25) is 4.68 Å². The van der Waals surface area contributed by atoms with E-state index in [-0.39, 0.29) is 53.0 Å². The van der Waals surface area contributed by atoms with Gasteiger partial charge in [0.25, 0.3) is 0 Å². The molecule has 0 radical (unpaired) electrons. The van der Waals surface area contributed by atoms with Gasteiger partial charge in [0.2, 0.25) is 0 Å². The molecule has 8 aromatic rings. The van der Waals surface area contributed by atoms with Gasteiger partial charge in [0, 0.05) is 32.5 Å². The Balaban J connectivity index is 0.000000163. The summed E-state index contributed by atoms with van der Waals surface area (Å²) in [6.07, 6.45) is 3.47. The van der Waals surface area contributed by atoms with E-state index >= 15 is 0 Å². The van der Waals surface area contributed by atoms with E-state index in [0.717, 1.165) is 35.8 Å². The second-order valence-electron chi connectivity index (χ2n) is 18.1. The first kappa shape index (κ1) is 53.6. The Kier molecular flexibility index (Phi) is 16.6. The summed E-state index contributed by atoms with van der Waals surface area (Å²) in [5.74, 6) is -5.98. The van der Waals surface area contributed by atoms with E-state index in [4.69, 9.17) is 48.7 Å². The number of nitrogens with two attached hydrogens (primary N) is 2. The second-order valence-corrected chi connectivity index (χ2v) is 24.3. The van der Waals surface area contributed by atoms with Gasteiger partial charge in [-0.25, -0.2) is 50.1 Å². The average molecular weight is 1040 g/mol. The Hall–Kier alpha value is -5.72. The summed E-state index contributed by atoms with van der Waals surface area (Å²) in [6.45, 7) is 15.9. The van der Waals surface area contributed by atoms with Crippen LogP contribution in [0.15, 0.2) is 60.9 Å². The summed E-state index contributed by atoms with van der Waals surface area (Å²) in [5, 5.41) is 4.29. The molecule has 0 atom stereocenters. The van der Waals surface area contributed by atoms with E-state index in [0.29, 0.717) is 40.6 Å². The fourth-order valence-electron chi connectivity index (χ4n) is 6.54. The number of nitrogens with zero attached hydrogens (tertiary/aromatic N) is 6. The molecule has 9 rings (SSSR count). The Morgan fingerprint density at radius 3 is 1.74 bits per heavy atom. The lowest BCUT2D eigenvalue weighted by Crippen LogP contribution is -2.41. The molecule has 5 heterocycles. The van der Waals surface area contributed by atoms with Gasteiger partial charge >= 0.3 is 7.12 Å². The maximum Gasteiger partial charge on any atom is 0.498 e. The topological polar surface area (TPSA) is 173 Å². The molecule has 0 amide bonds. The summed E-state index contributed by atoms with van der Waals surface area (Å²) >= 11 is 11.3. The number of aromatic amines is 2. The molecule has 1 aliphatic rings. The number of anilines is 2. The molecule has 1 fully saturated rings. The van der Waals surface area contributed by atoms with E-state index in [1.165, 1.54) is 24.3 Å². The number of benzene rings is 4. The van der Waals surface area contributed by atoms with Crippen LogP contribution >= 0.6 is 23.2 Å². The van der Waals surface area contributed by atoms with Crippen molar-refractivity contribution < 1.29 is 49.2 Å². The van der Waals surface area contributed by atoms with Crippen LogP contribution in [0.1, 0.15) is 45.2 Å². The van der Waals surface area contributed by atoms with Gasteiger partial charge in [-0.05, 0) is 82.3 Å². The molecule has 70 heavy (non-hydrogen) atoms. The third-order valence-corrected chi connectivity index (χ3v) is 13.4. The third kappa shape index (κ3) is 12.2. The molecular formula is C45H49BCl2F8N10O3Si. The zero-order valence-electron chi connectivity index (χ0n) is 38.9. The van der Waals surface area contributed by atoms with Gasteiger partial charge in [-0.15, -0.1) is 23.2 Å². The number of nitrogen functional groups attached to an aromatic ring is 2. The molecule has 6 N–H and O–H groups in total. The molecule has 0 bridgehead atoms. The van der Waals surface area contributed by atoms with Gasteiger partial charge in [0.15, 0.2) is 46.5 Å². The predicted octanol–water partition coefficient (Wildman–Crippen LogP) is 10.5. The van der Waals surface area contributed by atoms with Crippen molar-refractivity contribution >= 4 is 88.3 Å². The monoisotopic (exact) mass is 1040 g/mol. The zero-order valence-corrected chi connectivity index (χ0v) is 41.4. The van der Waals surface area contributed by atoms with Gasteiger partial charge in [-0.1, -0.05) is 19.6 Å². The molecule has 4 aromatic heterocycles. The maximum atomic E-state index is 13.8. The van der Waals surface area contributed by atoms with E-state index in [2.05, 4.69) is 49.7 Å². The molecule has 1 saturated heterocycles. The Morgan fingerprint density at radius 1 is 0.686 bits per heavy atom. The average Bonchev–Trinajstić information content (AvgIpc) is 4.15. The molecule has 1 aliphatic heterocycles. The number of halogens is 10. The number of H-pyrrole nitrogens is 2. The molecule has 0 spiro atoms. The van der Waals surface area contributed by atoms with Gasteiger partial charge in [-0.2, -0.15) is 5.10 Å². The SMILES string of the molecule is CC1(C)OB(c2cnn(Cc3nc4c(F)c(F)ccc4[nH]3)c2)OC1(C)C.C[Si](C)(C)CCOCn1c(CCl)nc2c(F)c(F)ccc21.Fc1ccc2[nH]c(CCl)nc2c1F.Nc1ccc(F)c(F)c1N. The van der Waals surface area contributed by atoms with E-state index in [9.17, 15) is 35.1 Å². The van der Waals surface area contributed by atoms with Crippen LogP contribution in [0.4, 0.5) is 46.5 Å². The van der Waals surface area contributed by atoms with Gasteiger partial charge in [0.05, 0.1) is 57.4 Å². The smallest absolute Gasteiger partial charge is 0.399 e. The second kappa shape index (κ2) is 21.7. The fraction of sp³-hybridized carbons (Fsp3) is 0.333. The fourth-order valence-corrected chi connectivity index (χ4v) is 7.63. The Morgan fingerprint density at radius 2 is 1.20 bits per heavy atom. The molecule has 0 unspecified atom stereocenters. The van der Waals surface area contributed by atoms with Crippen LogP contribution in [0.2, 0.25) is 25.7 Å². The third-order valence-electron chi connectivity index (χ3n) is 11.2. The number of rotatable bonds is 10. The summed E-state index contributed by atoms with van der Waals surface area (Å²) in [6, 6.07) is 10.8. The first-order valence-corrected chi connectivity index (χ1v) is 26.2. The molecule has 13 nitrogen and oxygen atoms in total. The Labute approximate surface area is 408 Å². The number of hydrogen-bond donors (Lipinski definition) is 4. The maximum absolute atomic E-state index is 13.8. The number of aromatic nitrogens is 8. The van der Waals surface area contributed by atoms with Crippen LogP contribution in [0.5, 0.6) is 0 Å². The van der Waals surface area contributed by atoms with Crippen molar-refractivity contribution in [3.8, 4) is 0 Å². The van der Waals surface area contributed by atoms with Crippen molar-refractivity contribution in [1.29, 1.82) is 0 Å². The normalized spacial score (nSPS) is 14.1. The van der Waals surface area contributed by atoms with Crippen LogP contribution in [0.25, 0.3) is 33.1 Å². The van der Waals surface area contributed by atoms with Crippen molar-refractivity contribution in [2.24, 2.45) is 0 Å². The minimum absolute atomic E-state index is 0.000513. The van der Waals surface area contributed by atoms with Crippen LogP contribution in [0.3, 0.4) is 0 Å². The highest BCUT2D eigenvalue weighted by molar-refractivity contribution is 6.76. The minimum atomic E-state index is -1.16. The molecule has 0 saturated carbocycles. The lowest BCUT2D eigenvalue weighted by Gasteiger charge is -2.32. The first-order valence-electron chi connectivity index (χ1n) is 21.4. The van der Waals surface area contributed by atoms with E-state index < -0.39 is 72.9 Å². The minimum Gasteiger partial charge on any atom is -0.399 e. The van der Waals surface area contributed by atoms with Crippen molar-refractivity contribution in [2.45, 2.75) is 89.6 Å². The molecular weight excluding hydrogens is 990 g/mol. The summed E-state index contributed by atoms with van der Waals surface area (Å²) in [5.41, 5.74) is 11.2. The summed E-state index contributed by atoms with van der Waals surface area (Å²) in [7, 11) is -1.66. The lowest BCUT2D eigenvalue weighted by atomic mass is 9.82. The Bertz CT molecular complexity index is 3080. The van der Waals surface area contributed by atoms with Crippen molar-refractivity contribution in [3.05, 3.63) is 125 Å². The largest absolute Gasteiger partial charge is 0.498 e. The molecule has 4 aromatic carbocycles. The number of hydrogen-bond acceptors (Lipinski definition) is 9. The summed E-state index contributed by atoms with van der Waals surface area (Å²) < 4.78 is 125. The van der Waals surface area contributed by atoms with Gasteiger partial charge < -0.3 is 40.0 Å². The molecule has 374 valence electrons. The number of fused-ring (bicyclic) bond motifs is 3. The number of alkyl halides is 2. The van der Waals surface area contributed by atoms with Crippen LogP contribution < -0.4 is 16.9 Å². The van der Waals surface area contributed by atoms with E-state index in [1.807, 2.05) is 27.7 Å². The number of nitrogens with one attached hydrogen (secondary N) is 2. The predicted molar refractivity (Wildman–Crippen MR) is 257 cm³/mol. The van der Waals surface area contributed by atoms with Crippen LogP contribution in [-0.4, -0.2) is 72.3 Å². The lowest BCUT2D eigenvalue weighted by molar-refractivity contribution is 0.00578. The zero-order chi connectivity index (χ0) is 51.5. The van der Waals surface area contributed by atoms with Crippen molar-refractivity contribution in [3.63, 3.8) is 0 Å². The highest BCUT2D eigenvalue weighted by Gasteiger charge is 2.52. The molecule has 0 aliphatic carbocycles. The standard InChI is InChI=1S/C17H19BF2N4O2.C14H19ClF2N2OSi.C8H5ClF2N2.C6H6F2N2/c1-16(2)17(3,4)26-18(25-16)10-7-21-24(8-10)9-13-22-12-6-5-11(19)14(20)15(12)23-13;1-21(2,3)7-6-20-9-19-11-5-4-10(16)13(17)14(11)18-12(19)8-15;9-3-6-12-5-2-1-4(10)7(11)8(5)13-6;7-3-1-2-4(9)6(10)5(3)8/h5-8H,9H2,1-4H3,(H,22,23);4-5H,6-9H2,1-3H3;1-2H,3H2,(H,12,13);1-2H,9-10H2. The van der Waals surface area contributed by atoms with Crippen LogP contribution in [0, 0.1) is 46.5 Å².